The Bertz CT molecular complexity index is 666. The molecule has 1 unspecified atom stereocenters. The first kappa shape index (κ1) is 13.1. The van der Waals surface area contributed by atoms with E-state index in [1.54, 1.807) is 16.7 Å². The maximum atomic E-state index is 12.0. The Morgan fingerprint density at radius 1 is 1.42 bits per heavy atom. The summed E-state index contributed by atoms with van der Waals surface area (Å²) in [5.74, 6) is 0.488. The molecule has 1 N–H and O–H groups in total. The van der Waals surface area contributed by atoms with E-state index in [0.717, 1.165) is 5.56 Å². The highest BCUT2D eigenvalue weighted by molar-refractivity contribution is 8.00. The Kier molecular flexibility index (Phi) is 3.62. The van der Waals surface area contributed by atoms with E-state index in [1.165, 1.54) is 11.3 Å². The van der Waals surface area contributed by atoms with Crippen molar-refractivity contribution in [3.05, 3.63) is 38.8 Å². The maximum Gasteiger partial charge on any atom is 0.240 e. The predicted molar refractivity (Wildman–Crippen MR) is 81.4 cm³/mol. The van der Waals surface area contributed by atoms with Crippen LogP contribution in [-0.4, -0.2) is 21.9 Å². The summed E-state index contributed by atoms with van der Waals surface area (Å²) in [5, 5.41) is 8.02. The fourth-order valence-electron chi connectivity index (χ4n) is 1.83. The summed E-state index contributed by atoms with van der Waals surface area (Å²) in [6.45, 7) is 0. The molecule has 0 bridgehead atoms. The average molecular weight is 330 g/mol. The highest BCUT2D eigenvalue weighted by Gasteiger charge is 2.35. The van der Waals surface area contributed by atoms with E-state index in [2.05, 4.69) is 10.2 Å². The zero-order valence-electron chi connectivity index (χ0n) is 9.50. The molecule has 1 aliphatic rings. The number of nitrogens with one attached hydrogen (secondary N) is 1. The number of hydrogen-bond donors (Lipinski definition) is 1. The van der Waals surface area contributed by atoms with Gasteiger partial charge in [-0.05, 0) is 29.9 Å². The highest BCUT2D eigenvalue weighted by Crippen LogP contribution is 2.42. The van der Waals surface area contributed by atoms with Gasteiger partial charge in [-0.1, -0.05) is 35.1 Å². The van der Waals surface area contributed by atoms with Crippen LogP contribution in [0.4, 0.5) is 5.13 Å². The van der Waals surface area contributed by atoms with Gasteiger partial charge in [-0.15, -0.1) is 16.9 Å². The number of carbonyl (C=O) groups excluding carboxylic acids is 1. The van der Waals surface area contributed by atoms with E-state index in [9.17, 15) is 4.79 Å². The number of amides is 1. The fraction of sp³-hybridized carbons (Fsp3) is 0.182. The van der Waals surface area contributed by atoms with Crippen molar-refractivity contribution in [3.63, 3.8) is 0 Å². The van der Waals surface area contributed by atoms with Crippen LogP contribution in [0.3, 0.4) is 0 Å². The molecule has 2 heterocycles. The van der Waals surface area contributed by atoms with Crippen LogP contribution in [0.1, 0.15) is 10.9 Å². The van der Waals surface area contributed by atoms with Gasteiger partial charge in [-0.3, -0.25) is 14.8 Å². The third kappa shape index (κ3) is 2.55. The lowest BCUT2D eigenvalue weighted by atomic mass is 10.2. The minimum absolute atomic E-state index is 0.0442. The van der Waals surface area contributed by atoms with E-state index in [0.29, 0.717) is 19.9 Å². The molecule has 0 radical (unpaired) electrons. The summed E-state index contributed by atoms with van der Waals surface area (Å²) in [7, 11) is 0. The number of carbonyl (C=O) groups is 1. The van der Waals surface area contributed by atoms with Crippen molar-refractivity contribution < 1.29 is 4.79 Å². The second-order valence-corrected chi connectivity index (χ2v) is 7.02. The van der Waals surface area contributed by atoms with Gasteiger partial charge < -0.3 is 0 Å². The number of benzene rings is 1. The highest BCUT2D eigenvalue weighted by atomic mass is 35.5. The molecule has 19 heavy (non-hydrogen) atoms. The summed E-state index contributed by atoms with van der Waals surface area (Å²) in [6, 6.07) is 7.50. The molecule has 2 aromatic rings. The van der Waals surface area contributed by atoms with Crippen molar-refractivity contribution in [2.75, 3.05) is 10.7 Å². The molecular weight excluding hydrogens is 322 g/mol. The van der Waals surface area contributed by atoms with E-state index < -0.39 is 0 Å². The molecule has 1 atom stereocenters. The van der Waals surface area contributed by atoms with Crippen LogP contribution in [0.25, 0.3) is 0 Å². The van der Waals surface area contributed by atoms with Crippen LogP contribution in [0.2, 0.25) is 5.02 Å². The van der Waals surface area contributed by atoms with Gasteiger partial charge in [0.05, 0.1) is 5.75 Å². The van der Waals surface area contributed by atoms with Crippen molar-refractivity contribution in [1.82, 2.24) is 10.2 Å². The first-order chi connectivity index (χ1) is 9.15. The molecule has 1 aromatic carbocycles. The van der Waals surface area contributed by atoms with Crippen molar-refractivity contribution >= 4 is 58.0 Å². The standard InChI is InChI=1S/C11H8ClN3OS3/c12-7-3-1-6(2-4-7)9-15(8(16)5-18-9)10-13-14-11(17)19-10/h1-4,9H,5H2,(H,14,17). The molecule has 4 nitrogen and oxygen atoms in total. The molecule has 0 saturated carbocycles. The first-order valence-corrected chi connectivity index (χ1v) is 8.05. The molecule has 0 aliphatic carbocycles. The van der Waals surface area contributed by atoms with Gasteiger partial charge in [-0.25, -0.2) is 0 Å². The third-order valence-electron chi connectivity index (χ3n) is 2.66. The number of aromatic amines is 1. The molecule has 1 aliphatic heterocycles. The molecule has 1 saturated heterocycles. The Balaban J connectivity index is 1.98. The molecule has 1 aromatic heterocycles. The average Bonchev–Trinajstić information content (AvgIpc) is 2.96. The van der Waals surface area contributed by atoms with Gasteiger partial charge in [0.25, 0.3) is 0 Å². The van der Waals surface area contributed by atoms with Gasteiger partial charge in [0.2, 0.25) is 11.0 Å². The Hall–Kier alpha value is -0.890. The Labute approximate surface area is 127 Å². The smallest absolute Gasteiger partial charge is 0.240 e. The molecule has 98 valence electrons. The number of hydrogen-bond acceptors (Lipinski definition) is 5. The monoisotopic (exact) mass is 329 g/mol. The van der Waals surface area contributed by atoms with Crippen LogP contribution in [0.15, 0.2) is 24.3 Å². The molecule has 0 spiro atoms. The summed E-state index contributed by atoms with van der Waals surface area (Å²) in [5.41, 5.74) is 1.03. The normalized spacial score (nSPS) is 19.1. The van der Waals surface area contributed by atoms with Crippen molar-refractivity contribution in [3.8, 4) is 0 Å². The quantitative estimate of drug-likeness (QED) is 0.855. The van der Waals surface area contributed by atoms with E-state index in [1.807, 2.05) is 24.3 Å². The second kappa shape index (κ2) is 5.24. The van der Waals surface area contributed by atoms with E-state index in [4.69, 9.17) is 23.8 Å². The predicted octanol–water partition coefficient (Wildman–Crippen LogP) is 3.63. The van der Waals surface area contributed by atoms with Crippen LogP contribution < -0.4 is 4.90 Å². The summed E-state index contributed by atoms with van der Waals surface area (Å²) >= 11 is 13.8. The zero-order valence-corrected chi connectivity index (χ0v) is 12.7. The van der Waals surface area contributed by atoms with Crippen molar-refractivity contribution in [2.24, 2.45) is 0 Å². The summed E-state index contributed by atoms with van der Waals surface area (Å²) in [6.07, 6.45) is 0. The molecular formula is C11H8ClN3OS3. The topological polar surface area (TPSA) is 49.0 Å². The van der Waals surface area contributed by atoms with Crippen molar-refractivity contribution in [1.29, 1.82) is 0 Å². The molecule has 3 rings (SSSR count). The number of rotatable bonds is 2. The largest absolute Gasteiger partial charge is 0.273 e. The molecule has 1 fully saturated rings. The zero-order chi connectivity index (χ0) is 13.4. The van der Waals surface area contributed by atoms with Gasteiger partial charge in [0, 0.05) is 5.02 Å². The SMILES string of the molecule is O=C1CSC(c2ccc(Cl)cc2)N1c1n[nH]c(=S)s1. The summed E-state index contributed by atoms with van der Waals surface area (Å²) < 4.78 is 0.564. The molecule has 1 amide bonds. The number of nitrogens with zero attached hydrogens (tertiary/aromatic N) is 2. The first-order valence-electron chi connectivity index (χ1n) is 5.40. The number of thioether (sulfide) groups is 1. The minimum atomic E-state index is -0.0706. The van der Waals surface area contributed by atoms with Gasteiger partial charge in [0.15, 0.2) is 3.95 Å². The summed E-state index contributed by atoms with van der Waals surface area (Å²) in [4.78, 5) is 13.7. The van der Waals surface area contributed by atoms with Crippen LogP contribution in [0.5, 0.6) is 0 Å². The number of anilines is 1. The lowest BCUT2D eigenvalue weighted by molar-refractivity contribution is -0.115. The maximum absolute atomic E-state index is 12.0. The minimum Gasteiger partial charge on any atom is -0.273 e. The van der Waals surface area contributed by atoms with Gasteiger partial charge >= 0.3 is 0 Å². The van der Waals surface area contributed by atoms with Crippen LogP contribution >= 0.6 is 46.9 Å². The molecule has 8 heteroatoms. The van der Waals surface area contributed by atoms with Crippen LogP contribution in [0, 0.1) is 3.95 Å². The van der Waals surface area contributed by atoms with Gasteiger partial charge in [0.1, 0.15) is 5.37 Å². The van der Waals surface area contributed by atoms with Crippen molar-refractivity contribution in [2.45, 2.75) is 5.37 Å². The lowest BCUT2D eigenvalue weighted by Gasteiger charge is -2.20. The van der Waals surface area contributed by atoms with E-state index >= 15 is 0 Å². The van der Waals surface area contributed by atoms with Gasteiger partial charge in [-0.2, -0.15) is 0 Å². The number of aromatic nitrogens is 2. The van der Waals surface area contributed by atoms with E-state index in [-0.39, 0.29) is 11.3 Å². The Morgan fingerprint density at radius 2 is 2.16 bits per heavy atom. The third-order valence-corrected chi connectivity index (χ3v) is 5.21. The number of H-pyrrole nitrogens is 1. The second-order valence-electron chi connectivity index (χ2n) is 3.87. The lowest BCUT2D eigenvalue weighted by Crippen LogP contribution is -2.27. The number of halogens is 1. The fourth-order valence-corrected chi connectivity index (χ4v) is 4.10. The Morgan fingerprint density at radius 3 is 2.79 bits per heavy atom. The van der Waals surface area contributed by atoms with Crippen LogP contribution in [-0.2, 0) is 4.79 Å².